The first-order valence-electron chi connectivity index (χ1n) is 7.36. The molecule has 0 atom stereocenters. The second kappa shape index (κ2) is 12.8. The second-order valence-electron chi connectivity index (χ2n) is 5.31. The highest BCUT2D eigenvalue weighted by Gasteiger charge is 1.96. The van der Waals surface area contributed by atoms with E-state index >= 15 is 0 Å². The van der Waals surface area contributed by atoms with Crippen molar-refractivity contribution in [3.8, 4) is 0 Å². The lowest BCUT2D eigenvalue weighted by Crippen LogP contribution is -2.06. The van der Waals surface area contributed by atoms with E-state index in [4.69, 9.17) is 8.85 Å². The van der Waals surface area contributed by atoms with Gasteiger partial charge in [0.25, 0.3) is 0 Å². The summed E-state index contributed by atoms with van der Waals surface area (Å²) in [6.45, 7) is 8.54. The second-order valence-corrected chi connectivity index (χ2v) is 8.21. The van der Waals surface area contributed by atoms with Gasteiger partial charge >= 0.3 is 0 Å². The van der Waals surface area contributed by atoms with Crippen molar-refractivity contribution >= 4 is 19.5 Å². The Bertz CT molecular complexity index is 136. The van der Waals surface area contributed by atoms with E-state index in [1.54, 1.807) is 0 Å². The predicted octanol–water partition coefficient (Wildman–Crippen LogP) is 2.79. The molecule has 2 nitrogen and oxygen atoms in total. The Morgan fingerprint density at radius 2 is 1.00 bits per heavy atom. The summed E-state index contributed by atoms with van der Waals surface area (Å²) < 4.78 is 11.3. The fourth-order valence-electron chi connectivity index (χ4n) is 1.73. The molecule has 0 spiro atoms. The van der Waals surface area contributed by atoms with Crippen molar-refractivity contribution < 1.29 is 8.85 Å². The molecule has 0 aromatic heterocycles. The Balaban J connectivity index is 2.94. The molecule has 104 valence electrons. The molecule has 0 bridgehead atoms. The molecule has 0 aliphatic carbocycles. The molecule has 17 heavy (non-hydrogen) atoms. The first-order valence-corrected chi connectivity index (χ1v) is 10.5. The number of unbranched alkanes of at least 4 members (excludes halogenated alkanes) is 4. The van der Waals surface area contributed by atoms with Gasteiger partial charge in [0.1, 0.15) is 0 Å². The third-order valence-electron chi connectivity index (χ3n) is 2.69. The lowest BCUT2D eigenvalue weighted by molar-refractivity contribution is 0.254. The van der Waals surface area contributed by atoms with Crippen molar-refractivity contribution in [2.24, 2.45) is 0 Å². The highest BCUT2D eigenvalue weighted by Crippen LogP contribution is 2.08. The van der Waals surface area contributed by atoms with E-state index in [0.717, 1.165) is 0 Å². The Kier molecular flexibility index (Phi) is 13.1. The fourth-order valence-corrected chi connectivity index (χ4v) is 4.12. The monoisotopic (exact) mass is 276 g/mol. The van der Waals surface area contributed by atoms with E-state index in [1.807, 2.05) is 0 Å². The largest absolute Gasteiger partial charge is 0.422 e. The predicted molar refractivity (Wildman–Crippen MR) is 82.2 cm³/mol. The van der Waals surface area contributed by atoms with Crippen molar-refractivity contribution in [3.63, 3.8) is 0 Å². The van der Waals surface area contributed by atoms with Crippen LogP contribution in [0.3, 0.4) is 0 Å². The maximum atomic E-state index is 5.65. The van der Waals surface area contributed by atoms with Gasteiger partial charge < -0.3 is 8.85 Å². The van der Waals surface area contributed by atoms with Gasteiger partial charge in [-0.2, -0.15) is 0 Å². The molecule has 0 unspecified atom stereocenters. The Labute approximate surface area is 113 Å². The SMILES string of the molecule is CC(C)O[SiH2]CCCCCCC[SiH2]OC(C)C. The summed E-state index contributed by atoms with van der Waals surface area (Å²) in [5.74, 6) is 0. The van der Waals surface area contributed by atoms with Crippen LogP contribution >= 0.6 is 0 Å². The highest BCUT2D eigenvalue weighted by molar-refractivity contribution is 6.27. The normalized spacial score (nSPS) is 13.1. The molecule has 0 aromatic rings. The highest BCUT2D eigenvalue weighted by atomic mass is 28.2. The van der Waals surface area contributed by atoms with Gasteiger partial charge in [0, 0.05) is 12.2 Å². The molecule has 0 rings (SSSR count). The van der Waals surface area contributed by atoms with Crippen LogP contribution in [0, 0.1) is 0 Å². The van der Waals surface area contributed by atoms with Crippen molar-refractivity contribution in [1.29, 1.82) is 0 Å². The third-order valence-corrected chi connectivity index (χ3v) is 6.07. The fraction of sp³-hybridized carbons (Fsp3) is 1.00. The number of hydrogen-bond acceptors (Lipinski definition) is 2. The van der Waals surface area contributed by atoms with Crippen LogP contribution in [0.2, 0.25) is 12.1 Å². The van der Waals surface area contributed by atoms with E-state index in [-0.39, 0.29) is 19.5 Å². The molecule has 0 amide bonds. The average molecular weight is 277 g/mol. The van der Waals surface area contributed by atoms with E-state index < -0.39 is 0 Å². The Morgan fingerprint density at radius 1 is 0.647 bits per heavy atom. The lowest BCUT2D eigenvalue weighted by atomic mass is 10.2. The van der Waals surface area contributed by atoms with E-state index in [0.29, 0.717) is 12.2 Å². The summed E-state index contributed by atoms with van der Waals surface area (Å²) in [6, 6.07) is 2.73. The van der Waals surface area contributed by atoms with Gasteiger partial charge in [-0.05, 0) is 39.8 Å². The number of rotatable bonds is 12. The summed E-state index contributed by atoms with van der Waals surface area (Å²) in [7, 11) is -0.412. The molecule has 0 aliphatic heterocycles. The average Bonchev–Trinajstić information content (AvgIpc) is 2.25. The molecule has 0 aliphatic rings. The minimum Gasteiger partial charge on any atom is -0.422 e. The van der Waals surface area contributed by atoms with Crippen LogP contribution in [0.4, 0.5) is 0 Å². The summed E-state index contributed by atoms with van der Waals surface area (Å²) in [6.07, 6.45) is 7.89. The van der Waals surface area contributed by atoms with Crippen LogP contribution in [-0.4, -0.2) is 31.7 Å². The molecular formula is C13H32O2Si2. The van der Waals surface area contributed by atoms with Crippen LogP contribution in [-0.2, 0) is 8.85 Å². The van der Waals surface area contributed by atoms with Gasteiger partial charge in [0.15, 0.2) is 19.5 Å². The zero-order valence-corrected chi connectivity index (χ0v) is 15.2. The molecule has 0 heterocycles. The first-order chi connectivity index (χ1) is 8.13. The van der Waals surface area contributed by atoms with Crippen LogP contribution in [0.1, 0.15) is 59.8 Å². The van der Waals surface area contributed by atoms with Crippen LogP contribution < -0.4 is 0 Å². The quantitative estimate of drug-likeness (QED) is 0.403. The topological polar surface area (TPSA) is 18.5 Å². The van der Waals surface area contributed by atoms with Gasteiger partial charge in [0.2, 0.25) is 0 Å². The van der Waals surface area contributed by atoms with Crippen molar-refractivity contribution in [1.82, 2.24) is 0 Å². The first kappa shape index (κ1) is 17.4. The minimum atomic E-state index is -0.206. The van der Waals surface area contributed by atoms with Gasteiger partial charge in [-0.1, -0.05) is 32.1 Å². The van der Waals surface area contributed by atoms with Crippen LogP contribution in [0.15, 0.2) is 0 Å². The lowest BCUT2D eigenvalue weighted by Gasteiger charge is -2.07. The molecule has 0 aromatic carbocycles. The van der Waals surface area contributed by atoms with Crippen molar-refractivity contribution in [3.05, 3.63) is 0 Å². The molecule has 4 heteroatoms. The zero-order chi connectivity index (χ0) is 12.9. The van der Waals surface area contributed by atoms with E-state index in [1.165, 1.54) is 44.2 Å². The van der Waals surface area contributed by atoms with Gasteiger partial charge in [0.05, 0.1) is 0 Å². The van der Waals surface area contributed by atoms with E-state index in [9.17, 15) is 0 Å². The molecule has 0 radical (unpaired) electrons. The number of hydrogen-bond donors (Lipinski definition) is 0. The maximum absolute atomic E-state index is 5.65. The summed E-state index contributed by atoms with van der Waals surface area (Å²) >= 11 is 0. The summed E-state index contributed by atoms with van der Waals surface area (Å²) in [4.78, 5) is 0. The minimum absolute atomic E-state index is 0.206. The standard InChI is InChI=1S/C13H32O2Si2/c1-12(2)14-16-10-8-6-5-7-9-11-17-15-13(3)4/h12-13H,5-11,16-17H2,1-4H3. The van der Waals surface area contributed by atoms with Crippen LogP contribution in [0.5, 0.6) is 0 Å². The molecule has 0 fully saturated rings. The summed E-state index contributed by atoms with van der Waals surface area (Å²) in [5, 5.41) is 0. The summed E-state index contributed by atoms with van der Waals surface area (Å²) in [5.41, 5.74) is 0. The Morgan fingerprint density at radius 3 is 1.35 bits per heavy atom. The van der Waals surface area contributed by atoms with Crippen molar-refractivity contribution in [2.75, 3.05) is 0 Å². The van der Waals surface area contributed by atoms with Gasteiger partial charge in [-0.25, -0.2) is 0 Å². The molecule has 0 N–H and O–H groups in total. The smallest absolute Gasteiger partial charge is 0.161 e. The van der Waals surface area contributed by atoms with Gasteiger partial charge in [-0.15, -0.1) is 0 Å². The molecule has 0 saturated carbocycles. The Hall–Kier alpha value is 0.354. The van der Waals surface area contributed by atoms with Crippen LogP contribution in [0.25, 0.3) is 0 Å². The van der Waals surface area contributed by atoms with Gasteiger partial charge in [-0.3, -0.25) is 0 Å². The third kappa shape index (κ3) is 16.4. The van der Waals surface area contributed by atoms with E-state index in [2.05, 4.69) is 27.7 Å². The van der Waals surface area contributed by atoms with Crippen molar-refractivity contribution in [2.45, 2.75) is 84.1 Å². The molecular weight excluding hydrogens is 244 g/mol. The maximum Gasteiger partial charge on any atom is 0.161 e. The molecule has 0 saturated heterocycles. The zero-order valence-electron chi connectivity index (χ0n) is 12.3.